The molecule has 4 heteroatoms. The van der Waals surface area contributed by atoms with Gasteiger partial charge in [-0.25, -0.2) is 0 Å². The highest BCUT2D eigenvalue weighted by atomic mass is 16.2. The van der Waals surface area contributed by atoms with Gasteiger partial charge < -0.3 is 10.2 Å². The smallest absolute Gasteiger partial charge is 0.223 e. The summed E-state index contributed by atoms with van der Waals surface area (Å²) >= 11 is 0. The first kappa shape index (κ1) is 18.0. The lowest BCUT2D eigenvalue weighted by molar-refractivity contribution is -0.127. The number of piperidine rings is 1. The Morgan fingerprint density at radius 3 is 2.50 bits per heavy atom. The van der Waals surface area contributed by atoms with E-state index in [1.807, 2.05) is 12.3 Å². The molecule has 0 spiro atoms. The van der Waals surface area contributed by atoms with E-state index in [-0.39, 0.29) is 17.9 Å². The van der Waals surface area contributed by atoms with E-state index < -0.39 is 0 Å². The Bertz CT molecular complexity index is 614. The molecule has 0 unspecified atom stereocenters. The van der Waals surface area contributed by atoms with E-state index >= 15 is 0 Å². The average molecular weight is 356 g/mol. The molecule has 1 aromatic rings. The van der Waals surface area contributed by atoms with Gasteiger partial charge in [0.25, 0.3) is 0 Å². The second-order valence-electron chi connectivity index (χ2n) is 8.68. The lowest BCUT2D eigenvalue weighted by Gasteiger charge is -2.39. The van der Waals surface area contributed by atoms with Crippen LogP contribution in [0.3, 0.4) is 0 Å². The van der Waals surface area contributed by atoms with Crippen LogP contribution in [0.15, 0.2) is 18.3 Å². The van der Waals surface area contributed by atoms with Gasteiger partial charge >= 0.3 is 0 Å². The molecule has 0 radical (unpaired) electrons. The molecule has 1 atom stereocenters. The highest BCUT2D eigenvalue weighted by Crippen LogP contribution is 2.41. The molecule has 4 nitrogen and oxygen atoms in total. The maximum atomic E-state index is 12.9. The predicted molar refractivity (Wildman–Crippen MR) is 104 cm³/mol. The first-order chi connectivity index (χ1) is 12.7. The third kappa shape index (κ3) is 4.28. The highest BCUT2D eigenvalue weighted by molar-refractivity contribution is 5.79. The van der Waals surface area contributed by atoms with Crippen molar-refractivity contribution in [3.63, 3.8) is 0 Å². The minimum atomic E-state index is 0.110. The van der Waals surface area contributed by atoms with Gasteiger partial charge in [0, 0.05) is 18.2 Å². The number of hydrogen-bond donors (Lipinski definition) is 1. The molecule has 2 heterocycles. The SMILES string of the molecule is Cc1ccnc([C@H](NC(=O)C2CCN(C3CCCCC3)CC2)C2CC2)c1. The van der Waals surface area contributed by atoms with Gasteiger partial charge in [-0.15, -0.1) is 0 Å². The summed E-state index contributed by atoms with van der Waals surface area (Å²) in [6.07, 6.45) is 13.2. The number of nitrogens with one attached hydrogen (secondary N) is 1. The van der Waals surface area contributed by atoms with Crippen LogP contribution in [0.5, 0.6) is 0 Å². The van der Waals surface area contributed by atoms with Gasteiger partial charge in [0.15, 0.2) is 0 Å². The van der Waals surface area contributed by atoms with Crippen LogP contribution in [0.1, 0.15) is 75.1 Å². The van der Waals surface area contributed by atoms with E-state index in [0.29, 0.717) is 5.92 Å². The topological polar surface area (TPSA) is 45.2 Å². The van der Waals surface area contributed by atoms with Gasteiger partial charge in [-0.3, -0.25) is 9.78 Å². The van der Waals surface area contributed by atoms with E-state index in [9.17, 15) is 4.79 Å². The molecule has 1 N–H and O–H groups in total. The molecule has 2 aliphatic carbocycles. The van der Waals surface area contributed by atoms with E-state index in [1.165, 1.54) is 50.5 Å². The van der Waals surface area contributed by atoms with Crippen LogP contribution < -0.4 is 5.32 Å². The molecule has 142 valence electrons. The monoisotopic (exact) mass is 355 g/mol. The quantitative estimate of drug-likeness (QED) is 0.868. The fraction of sp³-hybridized carbons (Fsp3) is 0.727. The van der Waals surface area contributed by atoms with Crippen LogP contribution in [0, 0.1) is 18.8 Å². The number of aromatic nitrogens is 1. The molecule has 1 amide bonds. The minimum Gasteiger partial charge on any atom is -0.347 e. The Hall–Kier alpha value is -1.42. The lowest BCUT2D eigenvalue weighted by Crippen LogP contribution is -2.46. The molecule has 3 aliphatic rings. The van der Waals surface area contributed by atoms with Crippen molar-refractivity contribution in [2.24, 2.45) is 11.8 Å². The molecule has 1 saturated heterocycles. The van der Waals surface area contributed by atoms with E-state index in [1.54, 1.807) is 0 Å². The van der Waals surface area contributed by atoms with Gasteiger partial charge in [0.2, 0.25) is 5.91 Å². The van der Waals surface area contributed by atoms with Gasteiger partial charge in [-0.1, -0.05) is 19.3 Å². The first-order valence-corrected chi connectivity index (χ1v) is 10.7. The molecule has 3 fully saturated rings. The van der Waals surface area contributed by atoms with Crippen LogP contribution in [0.4, 0.5) is 0 Å². The molecule has 1 aromatic heterocycles. The third-order valence-corrected chi connectivity index (χ3v) is 6.64. The Morgan fingerprint density at radius 1 is 1.12 bits per heavy atom. The summed E-state index contributed by atoms with van der Waals surface area (Å²) in [4.78, 5) is 20.1. The number of aryl methyl sites for hydroxylation is 1. The lowest BCUT2D eigenvalue weighted by atomic mass is 9.89. The van der Waals surface area contributed by atoms with Crippen molar-refractivity contribution < 1.29 is 4.79 Å². The standard InChI is InChI=1S/C22H33N3O/c1-16-9-12-23-20(15-16)21(17-7-8-17)24-22(26)18-10-13-25(14-11-18)19-5-3-2-4-6-19/h9,12,15,17-19,21H,2-8,10-11,13-14H2,1H3,(H,24,26)/t21-/m1/s1. The number of carbonyl (C=O) groups excluding carboxylic acids is 1. The Balaban J connectivity index is 1.33. The van der Waals surface area contributed by atoms with Crippen LogP contribution in [0.25, 0.3) is 0 Å². The fourth-order valence-electron chi connectivity index (χ4n) is 4.84. The summed E-state index contributed by atoms with van der Waals surface area (Å²) in [5, 5.41) is 3.37. The molecule has 4 rings (SSSR count). The van der Waals surface area contributed by atoms with Crippen LogP contribution in [-0.2, 0) is 4.79 Å². The molecule has 0 aromatic carbocycles. The third-order valence-electron chi connectivity index (χ3n) is 6.64. The molecular formula is C22H33N3O. The largest absolute Gasteiger partial charge is 0.347 e. The van der Waals surface area contributed by atoms with Crippen molar-refractivity contribution in [3.8, 4) is 0 Å². The Morgan fingerprint density at radius 2 is 1.85 bits per heavy atom. The maximum Gasteiger partial charge on any atom is 0.223 e. The highest BCUT2D eigenvalue weighted by Gasteiger charge is 2.36. The average Bonchev–Trinajstić information content (AvgIpc) is 3.52. The molecular weight excluding hydrogens is 322 g/mol. The fourth-order valence-corrected chi connectivity index (χ4v) is 4.84. The number of nitrogens with zero attached hydrogens (tertiary/aromatic N) is 2. The Kier molecular flexibility index (Phi) is 5.58. The zero-order valence-electron chi connectivity index (χ0n) is 16.1. The van der Waals surface area contributed by atoms with Crippen molar-refractivity contribution in [2.45, 2.75) is 76.8 Å². The second-order valence-corrected chi connectivity index (χ2v) is 8.68. The van der Waals surface area contributed by atoms with Gasteiger partial charge in [-0.05, 0) is 82.2 Å². The predicted octanol–water partition coefficient (Wildman–Crippen LogP) is 4.00. The van der Waals surface area contributed by atoms with Crippen molar-refractivity contribution >= 4 is 5.91 Å². The number of pyridine rings is 1. The number of amides is 1. The molecule has 1 aliphatic heterocycles. The van der Waals surface area contributed by atoms with E-state index in [4.69, 9.17) is 0 Å². The van der Waals surface area contributed by atoms with Gasteiger partial charge in [0.1, 0.15) is 0 Å². The summed E-state index contributed by atoms with van der Waals surface area (Å²) in [6.45, 7) is 4.29. The van der Waals surface area contributed by atoms with Gasteiger partial charge in [-0.2, -0.15) is 0 Å². The normalized spacial score (nSPS) is 24.3. The van der Waals surface area contributed by atoms with Crippen molar-refractivity contribution in [3.05, 3.63) is 29.6 Å². The number of likely N-dealkylation sites (tertiary alicyclic amines) is 1. The summed E-state index contributed by atoms with van der Waals surface area (Å²) < 4.78 is 0. The number of carbonyl (C=O) groups is 1. The van der Waals surface area contributed by atoms with E-state index in [2.05, 4.69) is 28.2 Å². The molecule has 26 heavy (non-hydrogen) atoms. The Labute approximate surface area is 157 Å². The summed E-state index contributed by atoms with van der Waals surface area (Å²) in [6, 6.07) is 5.05. The van der Waals surface area contributed by atoms with Gasteiger partial charge in [0.05, 0.1) is 11.7 Å². The van der Waals surface area contributed by atoms with Crippen molar-refractivity contribution in [1.82, 2.24) is 15.2 Å². The number of rotatable bonds is 5. The summed E-state index contributed by atoms with van der Waals surface area (Å²) in [7, 11) is 0. The van der Waals surface area contributed by atoms with Crippen molar-refractivity contribution in [1.29, 1.82) is 0 Å². The van der Waals surface area contributed by atoms with Crippen LogP contribution >= 0.6 is 0 Å². The second kappa shape index (κ2) is 8.08. The van der Waals surface area contributed by atoms with Crippen LogP contribution in [-0.4, -0.2) is 34.9 Å². The zero-order valence-corrected chi connectivity index (χ0v) is 16.1. The molecule has 0 bridgehead atoms. The molecule has 2 saturated carbocycles. The zero-order chi connectivity index (χ0) is 17.9. The first-order valence-electron chi connectivity index (χ1n) is 10.7. The minimum absolute atomic E-state index is 0.110. The van der Waals surface area contributed by atoms with E-state index in [0.717, 1.165) is 37.7 Å². The maximum absolute atomic E-state index is 12.9. The van der Waals surface area contributed by atoms with Crippen LogP contribution in [0.2, 0.25) is 0 Å². The summed E-state index contributed by atoms with van der Waals surface area (Å²) in [5.41, 5.74) is 2.26. The number of hydrogen-bond acceptors (Lipinski definition) is 3. The summed E-state index contributed by atoms with van der Waals surface area (Å²) in [5.74, 6) is 1.02. The van der Waals surface area contributed by atoms with Crippen molar-refractivity contribution in [2.75, 3.05) is 13.1 Å².